The predicted octanol–water partition coefficient (Wildman–Crippen LogP) is 4.78. The Balaban J connectivity index is 2.11. The van der Waals surface area contributed by atoms with Gasteiger partial charge in [0.05, 0.1) is 35.2 Å². The smallest absolute Gasteiger partial charge is 0.350 e. The lowest BCUT2D eigenvalue weighted by Crippen LogP contribution is -2.06. The number of hydrogen-bond donors (Lipinski definition) is 1. The molecule has 0 radical (unpaired) electrons. The molecule has 2 aromatic rings. The number of aryl methyl sites for hydroxylation is 1. The van der Waals surface area contributed by atoms with E-state index in [0.29, 0.717) is 37.1 Å². The van der Waals surface area contributed by atoms with Gasteiger partial charge in [0, 0.05) is 0 Å². The molecule has 1 aromatic heterocycles. The number of methoxy groups -OCH3 is 1. The standard InChI is InChI=1S/C16H17Cl2N3O3S/c1-8(2)24-13-11(17)5-10(6-12(13)18)7-19-21-16-20-9(3)14(25-16)15(22)23-4/h5-8H,1-4H3,(H,20,21)/b19-7-. The predicted molar refractivity (Wildman–Crippen MR) is 102 cm³/mol. The molecule has 0 unspecified atom stereocenters. The number of benzene rings is 1. The summed E-state index contributed by atoms with van der Waals surface area (Å²) in [6, 6.07) is 3.40. The fourth-order valence-electron chi connectivity index (χ4n) is 1.89. The maximum atomic E-state index is 11.6. The number of anilines is 1. The highest BCUT2D eigenvalue weighted by Gasteiger charge is 2.15. The number of ether oxygens (including phenoxy) is 2. The molecule has 0 spiro atoms. The normalized spacial score (nSPS) is 11.2. The van der Waals surface area contributed by atoms with Crippen LogP contribution in [0.15, 0.2) is 17.2 Å². The Morgan fingerprint density at radius 3 is 2.56 bits per heavy atom. The molecule has 1 heterocycles. The Hall–Kier alpha value is -1.83. The summed E-state index contributed by atoms with van der Waals surface area (Å²) < 4.78 is 10.3. The molecule has 25 heavy (non-hydrogen) atoms. The van der Waals surface area contributed by atoms with Crippen molar-refractivity contribution in [1.82, 2.24) is 4.98 Å². The molecule has 0 atom stereocenters. The van der Waals surface area contributed by atoms with E-state index in [1.165, 1.54) is 7.11 Å². The maximum absolute atomic E-state index is 11.6. The van der Waals surface area contributed by atoms with E-state index in [9.17, 15) is 4.79 Å². The fourth-order valence-corrected chi connectivity index (χ4v) is 3.32. The van der Waals surface area contributed by atoms with Gasteiger partial charge in [-0.15, -0.1) is 0 Å². The highest BCUT2D eigenvalue weighted by Crippen LogP contribution is 2.34. The van der Waals surface area contributed by atoms with Crippen LogP contribution in [0.4, 0.5) is 5.13 Å². The number of halogens is 2. The number of carbonyl (C=O) groups is 1. The van der Waals surface area contributed by atoms with E-state index < -0.39 is 5.97 Å². The van der Waals surface area contributed by atoms with E-state index in [1.54, 1.807) is 25.3 Å². The number of aromatic nitrogens is 1. The Morgan fingerprint density at radius 1 is 1.36 bits per heavy atom. The second-order valence-electron chi connectivity index (χ2n) is 5.28. The van der Waals surface area contributed by atoms with E-state index in [4.69, 9.17) is 32.7 Å². The number of hydrazone groups is 1. The molecule has 1 N–H and O–H groups in total. The number of hydrogen-bond acceptors (Lipinski definition) is 7. The average Bonchev–Trinajstić information content (AvgIpc) is 2.91. The second-order valence-corrected chi connectivity index (χ2v) is 7.09. The third-order valence-electron chi connectivity index (χ3n) is 2.92. The summed E-state index contributed by atoms with van der Waals surface area (Å²) >= 11 is 13.6. The molecule has 0 fully saturated rings. The zero-order valence-electron chi connectivity index (χ0n) is 14.1. The summed E-state index contributed by atoms with van der Waals surface area (Å²) in [5.74, 6) is 0.0213. The monoisotopic (exact) mass is 401 g/mol. The lowest BCUT2D eigenvalue weighted by molar-refractivity contribution is 0.0605. The number of thiazole rings is 1. The molecular formula is C16H17Cl2N3O3S. The molecule has 0 saturated heterocycles. The Labute approximate surface area is 159 Å². The number of rotatable bonds is 6. The SMILES string of the molecule is COC(=O)c1sc(N/N=C\c2cc(Cl)c(OC(C)C)c(Cl)c2)nc1C. The van der Waals surface area contributed by atoms with Crippen LogP contribution >= 0.6 is 34.5 Å². The summed E-state index contributed by atoms with van der Waals surface area (Å²) in [5.41, 5.74) is 4.04. The lowest BCUT2D eigenvalue weighted by Gasteiger charge is -2.13. The van der Waals surface area contributed by atoms with Crippen molar-refractivity contribution in [2.45, 2.75) is 26.9 Å². The first-order valence-electron chi connectivity index (χ1n) is 7.32. The molecule has 6 nitrogen and oxygen atoms in total. The zero-order chi connectivity index (χ0) is 18.6. The Kier molecular flexibility index (Phi) is 6.64. The van der Waals surface area contributed by atoms with Crippen LogP contribution in [0.1, 0.15) is 34.8 Å². The quantitative estimate of drug-likeness (QED) is 0.428. The fraction of sp³-hybridized carbons (Fsp3) is 0.312. The van der Waals surface area contributed by atoms with Crippen molar-refractivity contribution in [3.8, 4) is 5.75 Å². The van der Waals surface area contributed by atoms with Crippen molar-refractivity contribution in [2.24, 2.45) is 5.10 Å². The first kappa shape index (κ1) is 19.5. The molecule has 9 heteroatoms. The summed E-state index contributed by atoms with van der Waals surface area (Å²) in [5, 5.41) is 5.37. The van der Waals surface area contributed by atoms with Gasteiger partial charge in [-0.1, -0.05) is 34.5 Å². The van der Waals surface area contributed by atoms with Crippen LogP contribution < -0.4 is 10.2 Å². The summed E-state index contributed by atoms with van der Waals surface area (Å²) in [6.07, 6.45) is 1.51. The van der Waals surface area contributed by atoms with Gasteiger partial charge in [-0.2, -0.15) is 5.10 Å². The van der Waals surface area contributed by atoms with Crippen LogP contribution in [-0.4, -0.2) is 30.4 Å². The van der Waals surface area contributed by atoms with Crippen LogP contribution in [-0.2, 0) is 4.74 Å². The minimum atomic E-state index is -0.425. The minimum Gasteiger partial charge on any atom is -0.488 e. The van der Waals surface area contributed by atoms with E-state index in [1.807, 2.05) is 13.8 Å². The molecule has 0 amide bonds. The number of esters is 1. The van der Waals surface area contributed by atoms with E-state index in [-0.39, 0.29) is 6.10 Å². The third kappa shape index (κ3) is 5.07. The van der Waals surface area contributed by atoms with Gasteiger partial charge in [-0.25, -0.2) is 9.78 Å². The molecule has 134 valence electrons. The molecule has 0 aliphatic heterocycles. The molecule has 0 aliphatic carbocycles. The molecular weight excluding hydrogens is 385 g/mol. The van der Waals surface area contributed by atoms with Crippen molar-refractivity contribution in [3.63, 3.8) is 0 Å². The maximum Gasteiger partial charge on any atom is 0.350 e. The van der Waals surface area contributed by atoms with Gasteiger partial charge < -0.3 is 9.47 Å². The minimum absolute atomic E-state index is 0.0340. The molecule has 1 aromatic carbocycles. The van der Waals surface area contributed by atoms with Crippen LogP contribution in [0.3, 0.4) is 0 Å². The van der Waals surface area contributed by atoms with E-state index >= 15 is 0 Å². The van der Waals surface area contributed by atoms with Gasteiger partial charge in [0.1, 0.15) is 4.88 Å². The molecule has 0 saturated carbocycles. The number of carbonyl (C=O) groups excluding carboxylic acids is 1. The van der Waals surface area contributed by atoms with Gasteiger partial charge in [-0.05, 0) is 38.5 Å². The zero-order valence-corrected chi connectivity index (χ0v) is 16.4. The van der Waals surface area contributed by atoms with E-state index in [0.717, 1.165) is 11.3 Å². The van der Waals surface area contributed by atoms with Crippen LogP contribution in [0, 0.1) is 6.92 Å². The summed E-state index contributed by atoms with van der Waals surface area (Å²) in [7, 11) is 1.33. The first-order valence-corrected chi connectivity index (χ1v) is 8.89. The van der Waals surface area contributed by atoms with Crippen LogP contribution in [0.5, 0.6) is 5.75 Å². The van der Waals surface area contributed by atoms with E-state index in [2.05, 4.69) is 15.5 Å². The average molecular weight is 402 g/mol. The highest BCUT2D eigenvalue weighted by atomic mass is 35.5. The topological polar surface area (TPSA) is 72.8 Å². The summed E-state index contributed by atoms with van der Waals surface area (Å²) in [6.45, 7) is 5.51. The third-order valence-corrected chi connectivity index (χ3v) is 4.52. The Morgan fingerprint density at radius 2 is 2.00 bits per heavy atom. The van der Waals surface area contributed by atoms with Gasteiger partial charge in [0.15, 0.2) is 5.75 Å². The van der Waals surface area contributed by atoms with Crippen molar-refractivity contribution in [1.29, 1.82) is 0 Å². The number of nitrogens with one attached hydrogen (secondary N) is 1. The Bertz CT molecular complexity index is 783. The van der Waals surface area contributed by atoms with Gasteiger partial charge in [0.25, 0.3) is 0 Å². The summed E-state index contributed by atoms with van der Waals surface area (Å²) in [4.78, 5) is 16.2. The second kappa shape index (κ2) is 8.51. The van der Waals surface area contributed by atoms with Gasteiger partial charge in [0.2, 0.25) is 5.13 Å². The van der Waals surface area contributed by atoms with Gasteiger partial charge in [-0.3, -0.25) is 5.43 Å². The molecule has 2 rings (SSSR count). The first-order chi connectivity index (χ1) is 11.8. The van der Waals surface area contributed by atoms with Crippen molar-refractivity contribution < 1.29 is 14.3 Å². The lowest BCUT2D eigenvalue weighted by atomic mass is 10.2. The largest absolute Gasteiger partial charge is 0.488 e. The van der Waals surface area contributed by atoms with Crippen molar-refractivity contribution in [3.05, 3.63) is 38.3 Å². The van der Waals surface area contributed by atoms with Gasteiger partial charge >= 0.3 is 5.97 Å². The van der Waals surface area contributed by atoms with Crippen LogP contribution in [0.2, 0.25) is 10.0 Å². The molecule has 0 aliphatic rings. The highest BCUT2D eigenvalue weighted by molar-refractivity contribution is 7.17. The molecule has 0 bridgehead atoms. The van der Waals surface area contributed by atoms with Crippen molar-refractivity contribution >= 4 is 51.9 Å². The number of nitrogens with zero attached hydrogens (tertiary/aromatic N) is 2. The van der Waals surface area contributed by atoms with Crippen molar-refractivity contribution in [2.75, 3.05) is 12.5 Å². The van der Waals surface area contributed by atoms with Crippen LogP contribution in [0.25, 0.3) is 0 Å².